The minimum absolute atomic E-state index is 0.0451. The predicted octanol–water partition coefficient (Wildman–Crippen LogP) is 2.59. The Morgan fingerprint density at radius 2 is 1.79 bits per heavy atom. The van der Waals surface area contributed by atoms with Gasteiger partial charge < -0.3 is 15.5 Å². The molecule has 0 radical (unpaired) electrons. The molecule has 28 heavy (non-hydrogen) atoms. The maximum atomic E-state index is 12.2. The Kier molecular flexibility index (Phi) is 6.01. The Hall–Kier alpha value is -2.67. The van der Waals surface area contributed by atoms with Crippen LogP contribution in [0.25, 0.3) is 0 Å². The summed E-state index contributed by atoms with van der Waals surface area (Å²) in [5, 5.41) is 6.51. The van der Waals surface area contributed by atoms with Crippen LogP contribution in [0.1, 0.15) is 25.7 Å². The molecule has 0 aliphatic carbocycles. The van der Waals surface area contributed by atoms with E-state index in [4.69, 9.17) is 0 Å². The number of carbonyl (C=O) groups excluding carboxylic acids is 1. The number of rotatable bonds is 6. The predicted molar refractivity (Wildman–Crippen MR) is 112 cm³/mol. The van der Waals surface area contributed by atoms with E-state index >= 15 is 0 Å². The van der Waals surface area contributed by atoms with Crippen molar-refractivity contribution in [3.05, 3.63) is 42.7 Å². The van der Waals surface area contributed by atoms with Gasteiger partial charge in [0.05, 0.1) is 6.54 Å². The molecule has 0 unspecified atom stereocenters. The summed E-state index contributed by atoms with van der Waals surface area (Å²) in [5.74, 6) is 1.96. The van der Waals surface area contributed by atoms with Gasteiger partial charge in [-0.05, 0) is 37.8 Å². The van der Waals surface area contributed by atoms with Crippen molar-refractivity contribution in [3.8, 4) is 0 Å². The Bertz CT molecular complexity index is 769. The minimum atomic E-state index is 0.0451. The highest BCUT2D eigenvalue weighted by Gasteiger charge is 2.21. The number of piperidine rings is 1. The molecule has 7 nitrogen and oxygen atoms in total. The Labute approximate surface area is 166 Å². The van der Waals surface area contributed by atoms with Gasteiger partial charge in [0.15, 0.2) is 0 Å². The van der Waals surface area contributed by atoms with E-state index in [-0.39, 0.29) is 5.91 Å². The summed E-state index contributed by atoms with van der Waals surface area (Å²) in [6.07, 6.45) is 6.13. The highest BCUT2D eigenvalue weighted by atomic mass is 16.2. The van der Waals surface area contributed by atoms with Crippen LogP contribution in [0.4, 0.5) is 17.3 Å². The molecular formula is C21H28N6O. The first-order valence-corrected chi connectivity index (χ1v) is 10.2. The van der Waals surface area contributed by atoms with E-state index in [0.29, 0.717) is 12.6 Å². The number of benzene rings is 1. The fourth-order valence-electron chi connectivity index (χ4n) is 3.91. The molecule has 1 aromatic carbocycles. The lowest BCUT2D eigenvalue weighted by Crippen LogP contribution is -2.42. The molecule has 148 valence electrons. The molecule has 0 bridgehead atoms. The van der Waals surface area contributed by atoms with E-state index in [9.17, 15) is 4.79 Å². The van der Waals surface area contributed by atoms with Crippen LogP contribution in [0, 0.1) is 0 Å². The summed E-state index contributed by atoms with van der Waals surface area (Å²) in [6.45, 7) is 4.42. The van der Waals surface area contributed by atoms with E-state index in [1.807, 2.05) is 30.3 Å². The summed E-state index contributed by atoms with van der Waals surface area (Å²) < 4.78 is 0. The second kappa shape index (κ2) is 9.01. The van der Waals surface area contributed by atoms with Crippen LogP contribution in [0.15, 0.2) is 42.7 Å². The number of aromatic nitrogens is 2. The quantitative estimate of drug-likeness (QED) is 0.803. The van der Waals surface area contributed by atoms with Gasteiger partial charge in [0.1, 0.15) is 18.0 Å². The smallest absolute Gasteiger partial charge is 0.238 e. The summed E-state index contributed by atoms with van der Waals surface area (Å²) in [4.78, 5) is 25.6. The van der Waals surface area contributed by atoms with Gasteiger partial charge >= 0.3 is 0 Å². The first kappa shape index (κ1) is 18.7. The van der Waals surface area contributed by atoms with Crippen LogP contribution in [0.2, 0.25) is 0 Å². The average molecular weight is 380 g/mol. The lowest BCUT2D eigenvalue weighted by atomic mass is 10.1. The van der Waals surface area contributed by atoms with Crippen LogP contribution < -0.4 is 15.5 Å². The van der Waals surface area contributed by atoms with Gasteiger partial charge in [0.25, 0.3) is 0 Å². The van der Waals surface area contributed by atoms with Gasteiger partial charge in [0.2, 0.25) is 5.91 Å². The number of likely N-dealkylation sites (tertiary alicyclic amines) is 1. The van der Waals surface area contributed by atoms with Crippen LogP contribution >= 0.6 is 0 Å². The van der Waals surface area contributed by atoms with Crippen LogP contribution in [-0.2, 0) is 4.79 Å². The zero-order valence-corrected chi connectivity index (χ0v) is 16.2. The monoisotopic (exact) mass is 380 g/mol. The number of para-hydroxylation sites is 1. The topological polar surface area (TPSA) is 73.4 Å². The molecule has 0 saturated carbocycles. The molecule has 2 N–H and O–H groups in total. The molecule has 3 heterocycles. The summed E-state index contributed by atoms with van der Waals surface area (Å²) in [7, 11) is 0. The highest BCUT2D eigenvalue weighted by molar-refractivity contribution is 5.92. The van der Waals surface area contributed by atoms with Crippen molar-refractivity contribution in [2.24, 2.45) is 0 Å². The van der Waals surface area contributed by atoms with Gasteiger partial charge in [-0.2, -0.15) is 0 Å². The highest BCUT2D eigenvalue weighted by Crippen LogP contribution is 2.21. The molecule has 2 aromatic rings. The molecule has 2 saturated heterocycles. The number of hydrogen-bond acceptors (Lipinski definition) is 6. The molecule has 0 atom stereocenters. The summed E-state index contributed by atoms with van der Waals surface area (Å²) in [6, 6.07) is 12.1. The number of hydrogen-bond donors (Lipinski definition) is 2. The molecule has 1 aromatic heterocycles. The third kappa shape index (κ3) is 4.98. The van der Waals surface area contributed by atoms with Gasteiger partial charge in [0, 0.05) is 44.0 Å². The zero-order chi connectivity index (χ0) is 19.2. The fraction of sp³-hybridized carbons (Fsp3) is 0.476. The summed E-state index contributed by atoms with van der Waals surface area (Å²) >= 11 is 0. The third-order valence-corrected chi connectivity index (χ3v) is 5.45. The average Bonchev–Trinajstić information content (AvgIpc) is 3.25. The lowest BCUT2D eigenvalue weighted by molar-refractivity contribution is -0.117. The first-order chi connectivity index (χ1) is 13.8. The molecule has 2 fully saturated rings. The molecule has 2 aliphatic rings. The number of nitrogens with zero attached hydrogens (tertiary/aromatic N) is 4. The van der Waals surface area contributed by atoms with Crippen molar-refractivity contribution >= 4 is 23.2 Å². The van der Waals surface area contributed by atoms with Crippen molar-refractivity contribution in [3.63, 3.8) is 0 Å². The van der Waals surface area contributed by atoms with Gasteiger partial charge in [-0.25, -0.2) is 9.97 Å². The van der Waals surface area contributed by atoms with Crippen LogP contribution in [0.3, 0.4) is 0 Å². The van der Waals surface area contributed by atoms with E-state index < -0.39 is 0 Å². The molecule has 4 rings (SSSR count). The van der Waals surface area contributed by atoms with Gasteiger partial charge in [-0.15, -0.1) is 0 Å². The van der Waals surface area contributed by atoms with Crippen molar-refractivity contribution in [1.82, 2.24) is 14.9 Å². The fourth-order valence-corrected chi connectivity index (χ4v) is 3.91. The second-order valence-corrected chi connectivity index (χ2v) is 7.56. The number of carbonyl (C=O) groups is 1. The first-order valence-electron chi connectivity index (χ1n) is 10.2. The van der Waals surface area contributed by atoms with Crippen LogP contribution in [-0.4, -0.2) is 59.5 Å². The third-order valence-electron chi connectivity index (χ3n) is 5.45. The SMILES string of the molecule is O=C(CN1CCC(Nc2cc(N3CCCC3)ncn2)CC1)Nc1ccccc1. The normalized spacial score (nSPS) is 18.2. The maximum absolute atomic E-state index is 12.2. The van der Waals surface area contributed by atoms with E-state index in [1.165, 1.54) is 12.8 Å². The Balaban J connectivity index is 1.23. The summed E-state index contributed by atoms with van der Waals surface area (Å²) in [5.41, 5.74) is 0.849. The number of nitrogens with one attached hydrogen (secondary N) is 2. The van der Waals surface area contributed by atoms with Gasteiger partial charge in [-0.1, -0.05) is 18.2 Å². The van der Waals surface area contributed by atoms with Crippen molar-refractivity contribution in [1.29, 1.82) is 0 Å². The van der Waals surface area contributed by atoms with Crippen LogP contribution in [0.5, 0.6) is 0 Å². The molecule has 7 heteroatoms. The van der Waals surface area contributed by atoms with E-state index in [1.54, 1.807) is 6.33 Å². The van der Waals surface area contributed by atoms with Gasteiger partial charge in [-0.3, -0.25) is 9.69 Å². The largest absolute Gasteiger partial charge is 0.367 e. The van der Waals surface area contributed by atoms with Crippen molar-refractivity contribution < 1.29 is 4.79 Å². The standard InChI is InChI=1S/C21H28N6O/c28-21(25-17-6-2-1-3-7-17)15-26-12-8-18(9-13-26)24-19-14-20(23-16-22-19)27-10-4-5-11-27/h1-3,6-7,14,16,18H,4-5,8-13,15H2,(H,25,28)(H,22,23,24). The van der Waals surface area contributed by atoms with Crippen molar-refractivity contribution in [2.45, 2.75) is 31.7 Å². The zero-order valence-electron chi connectivity index (χ0n) is 16.2. The molecule has 1 amide bonds. The molecule has 0 spiro atoms. The number of anilines is 3. The molecule has 2 aliphatic heterocycles. The van der Waals surface area contributed by atoms with E-state index in [0.717, 1.165) is 56.3 Å². The Morgan fingerprint density at radius 3 is 2.54 bits per heavy atom. The minimum Gasteiger partial charge on any atom is -0.367 e. The van der Waals surface area contributed by atoms with Crippen molar-refractivity contribution in [2.75, 3.05) is 48.3 Å². The number of amides is 1. The lowest BCUT2D eigenvalue weighted by Gasteiger charge is -2.32. The molecular weight excluding hydrogens is 352 g/mol. The second-order valence-electron chi connectivity index (χ2n) is 7.56. The Morgan fingerprint density at radius 1 is 1.04 bits per heavy atom. The maximum Gasteiger partial charge on any atom is 0.238 e. The van der Waals surface area contributed by atoms with E-state index in [2.05, 4.69) is 36.5 Å².